The van der Waals surface area contributed by atoms with Crippen molar-refractivity contribution in [2.45, 2.75) is 0 Å². The second kappa shape index (κ2) is 3.83. The number of carbonyl (C=O) groups is 1. The molecule has 4 nitrogen and oxygen atoms in total. The number of fused-ring (bicyclic) bond motifs is 1. The van der Waals surface area contributed by atoms with Crippen LogP contribution in [0.4, 0.5) is 0 Å². The van der Waals surface area contributed by atoms with E-state index in [1.807, 2.05) is 36.4 Å². The SMILES string of the molecule is O=Cc1cccc2nnc(-c3ccccc3)n12. The number of nitrogens with zero attached hydrogens (tertiary/aromatic N) is 3. The minimum atomic E-state index is 0.548. The molecular formula is C13H9N3O. The maximum absolute atomic E-state index is 11.0. The van der Waals surface area contributed by atoms with Gasteiger partial charge in [-0.1, -0.05) is 36.4 Å². The Kier molecular flexibility index (Phi) is 2.19. The number of benzene rings is 1. The van der Waals surface area contributed by atoms with E-state index in [0.29, 0.717) is 17.2 Å². The molecule has 0 radical (unpaired) electrons. The van der Waals surface area contributed by atoms with Gasteiger partial charge in [0.25, 0.3) is 0 Å². The van der Waals surface area contributed by atoms with Gasteiger partial charge in [0.05, 0.1) is 5.69 Å². The highest BCUT2D eigenvalue weighted by Gasteiger charge is 2.09. The van der Waals surface area contributed by atoms with E-state index in [0.717, 1.165) is 11.8 Å². The zero-order chi connectivity index (χ0) is 11.7. The summed E-state index contributed by atoms with van der Waals surface area (Å²) in [7, 11) is 0. The van der Waals surface area contributed by atoms with E-state index < -0.39 is 0 Å². The van der Waals surface area contributed by atoms with Crippen LogP contribution >= 0.6 is 0 Å². The van der Waals surface area contributed by atoms with Crippen LogP contribution in [0.3, 0.4) is 0 Å². The van der Waals surface area contributed by atoms with Crippen LogP contribution in [0.2, 0.25) is 0 Å². The van der Waals surface area contributed by atoms with E-state index in [1.54, 1.807) is 16.5 Å². The highest BCUT2D eigenvalue weighted by Crippen LogP contribution is 2.18. The molecule has 0 fully saturated rings. The summed E-state index contributed by atoms with van der Waals surface area (Å²) in [4.78, 5) is 11.0. The van der Waals surface area contributed by atoms with Crippen LogP contribution in [0.15, 0.2) is 48.5 Å². The number of pyridine rings is 1. The van der Waals surface area contributed by atoms with E-state index in [2.05, 4.69) is 10.2 Å². The second-order valence-electron chi connectivity index (χ2n) is 3.65. The van der Waals surface area contributed by atoms with Gasteiger partial charge in [0, 0.05) is 5.56 Å². The molecule has 0 atom stereocenters. The van der Waals surface area contributed by atoms with Crippen molar-refractivity contribution in [3.05, 3.63) is 54.2 Å². The summed E-state index contributed by atoms with van der Waals surface area (Å²) in [5.41, 5.74) is 2.16. The second-order valence-corrected chi connectivity index (χ2v) is 3.65. The Hall–Kier alpha value is -2.49. The average Bonchev–Trinajstić information content (AvgIpc) is 2.83. The fraction of sp³-hybridized carbons (Fsp3) is 0. The van der Waals surface area contributed by atoms with Gasteiger partial charge in [-0.15, -0.1) is 10.2 Å². The lowest BCUT2D eigenvalue weighted by molar-refractivity contribution is 0.111. The van der Waals surface area contributed by atoms with Gasteiger partial charge >= 0.3 is 0 Å². The molecule has 0 amide bonds. The first kappa shape index (κ1) is 9.72. The first-order valence-corrected chi connectivity index (χ1v) is 5.25. The number of hydrogen-bond acceptors (Lipinski definition) is 3. The fourth-order valence-electron chi connectivity index (χ4n) is 1.83. The topological polar surface area (TPSA) is 47.3 Å². The van der Waals surface area contributed by atoms with Gasteiger partial charge in [-0.25, -0.2) is 0 Å². The Morgan fingerprint density at radius 1 is 0.941 bits per heavy atom. The number of aromatic nitrogens is 3. The van der Waals surface area contributed by atoms with E-state index in [9.17, 15) is 4.79 Å². The van der Waals surface area contributed by atoms with Gasteiger partial charge in [-0.05, 0) is 12.1 Å². The summed E-state index contributed by atoms with van der Waals surface area (Å²) in [6.45, 7) is 0. The molecule has 3 rings (SSSR count). The summed E-state index contributed by atoms with van der Waals surface area (Å²) in [5, 5.41) is 8.19. The summed E-state index contributed by atoms with van der Waals surface area (Å²) < 4.78 is 1.75. The van der Waals surface area contributed by atoms with Crippen LogP contribution in [0.25, 0.3) is 17.0 Å². The van der Waals surface area contributed by atoms with Crippen LogP contribution in [-0.2, 0) is 0 Å². The third kappa shape index (κ3) is 1.50. The van der Waals surface area contributed by atoms with Gasteiger partial charge in [0.15, 0.2) is 17.8 Å². The molecule has 2 aromatic heterocycles. The third-order valence-electron chi connectivity index (χ3n) is 2.61. The highest BCUT2D eigenvalue weighted by molar-refractivity contribution is 5.76. The Morgan fingerprint density at radius 2 is 1.76 bits per heavy atom. The van der Waals surface area contributed by atoms with Gasteiger partial charge < -0.3 is 0 Å². The summed E-state index contributed by atoms with van der Waals surface area (Å²) in [6.07, 6.45) is 0.808. The van der Waals surface area contributed by atoms with Crippen molar-refractivity contribution in [2.75, 3.05) is 0 Å². The molecule has 82 valence electrons. The van der Waals surface area contributed by atoms with E-state index in [-0.39, 0.29) is 0 Å². The molecule has 0 aliphatic carbocycles. The predicted octanol–water partition coefficient (Wildman–Crippen LogP) is 2.21. The molecule has 0 unspecified atom stereocenters. The van der Waals surface area contributed by atoms with Crippen molar-refractivity contribution < 1.29 is 4.79 Å². The minimum absolute atomic E-state index is 0.548. The smallest absolute Gasteiger partial charge is 0.168 e. The van der Waals surface area contributed by atoms with Crippen molar-refractivity contribution >= 4 is 11.9 Å². The molecule has 1 aromatic carbocycles. The van der Waals surface area contributed by atoms with Crippen molar-refractivity contribution in [3.8, 4) is 11.4 Å². The molecular weight excluding hydrogens is 214 g/mol. The van der Waals surface area contributed by atoms with Crippen molar-refractivity contribution in [3.63, 3.8) is 0 Å². The van der Waals surface area contributed by atoms with Crippen molar-refractivity contribution in [2.24, 2.45) is 0 Å². The molecule has 3 aromatic rings. The monoisotopic (exact) mass is 223 g/mol. The van der Waals surface area contributed by atoms with Crippen molar-refractivity contribution in [1.82, 2.24) is 14.6 Å². The van der Waals surface area contributed by atoms with E-state index in [4.69, 9.17) is 0 Å². The minimum Gasteiger partial charge on any atom is -0.296 e. The summed E-state index contributed by atoms with van der Waals surface area (Å²) in [6, 6.07) is 15.0. The average molecular weight is 223 g/mol. The molecule has 0 N–H and O–H groups in total. The molecule has 17 heavy (non-hydrogen) atoms. The number of hydrogen-bond donors (Lipinski definition) is 0. The largest absolute Gasteiger partial charge is 0.296 e. The number of carbonyl (C=O) groups excluding carboxylic acids is 1. The summed E-state index contributed by atoms with van der Waals surface area (Å²) >= 11 is 0. The first-order chi connectivity index (χ1) is 8.40. The molecule has 0 aliphatic rings. The van der Waals surface area contributed by atoms with Gasteiger partial charge in [0.2, 0.25) is 0 Å². The molecule has 0 saturated carbocycles. The van der Waals surface area contributed by atoms with Crippen LogP contribution < -0.4 is 0 Å². The Bertz CT molecular complexity index is 673. The molecule has 2 heterocycles. The standard InChI is InChI=1S/C13H9N3O/c17-9-11-7-4-8-12-14-15-13(16(11)12)10-5-2-1-3-6-10/h1-9H. The molecule has 4 heteroatoms. The lowest BCUT2D eigenvalue weighted by atomic mass is 10.2. The molecule has 0 spiro atoms. The lowest BCUT2D eigenvalue weighted by Crippen LogP contribution is -1.97. The summed E-state index contributed by atoms with van der Waals surface area (Å²) in [5.74, 6) is 0.684. The van der Waals surface area contributed by atoms with Crippen LogP contribution in [0.1, 0.15) is 10.5 Å². The predicted molar refractivity (Wildman–Crippen MR) is 63.8 cm³/mol. The lowest BCUT2D eigenvalue weighted by Gasteiger charge is -2.01. The van der Waals surface area contributed by atoms with Gasteiger partial charge in [0.1, 0.15) is 0 Å². The molecule has 0 bridgehead atoms. The molecule has 0 aliphatic heterocycles. The molecule has 0 saturated heterocycles. The van der Waals surface area contributed by atoms with Gasteiger partial charge in [-0.2, -0.15) is 0 Å². The van der Waals surface area contributed by atoms with E-state index in [1.165, 1.54) is 0 Å². The van der Waals surface area contributed by atoms with Gasteiger partial charge in [-0.3, -0.25) is 9.20 Å². The number of aldehydes is 1. The zero-order valence-electron chi connectivity index (χ0n) is 8.95. The number of rotatable bonds is 2. The quantitative estimate of drug-likeness (QED) is 0.626. The Balaban J connectivity index is 2.35. The van der Waals surface area contributed by atoms with Crippen molar-refractivity contribution in [1.29, 1.82) is 0 Å². The maximum atomic E-state index is 11.0. The van der Waals surface area contributed by atoms with Crippen LogP contribution in [0, 0.1) is 0 Å². The van der Waals surface area contributed by atoms with Crippen LogP contribution in [-0.4, -0.2) is 20.9 Å². The Morgan fingerprint density at radius 3 is 2.53 bits per heavy atom. The maximum Gasteiger partial charge on any atom is 0.168 e. The Labute approximate surface area is 97.5 Å². The van der Waals surface area contributed by atoms with E-state index >= 15 is 0 Å². The highest BCUT2D eigenvalue weighted by atomic mass is 16.1. The zero-order valence-corrected chi connectivity index (χ0v) is 8.95. The first-order valence-electron chi connectivity index (χ1n) is 5.25. The van der Waals surface area contributed by atoms with Crippen LogP contribution in [0.5, 0.6) is 0 Å². The fourth-order valence-corrected chi connectivity index (χ4v) is 1.83. The normalized spacial score (nSPS) is 10.6. The third-order valence-corrected chi connectivity index (χ3v) is 2.61.